The van der Waals surface area contributed by atoms with Crippen LogP contribution in [-0.4, -0.2) is 9.97 Å². The highest BCUT2D eigenvalue weighted by Gasteiger charge is 1.97. The molecule has 0 saturated carbocycles. The monoisotopic (exact) mass is 201 g/mol. The highest BCUT2D eigenvalue weighted by atomic mass is 15.0. The van der Waals surface area contributed by atoms with Crippen molar-refractivity contribution in [3.63, 3.8) is 0 Å². The molecule has 3 heteroatoms. The highest BCUT2D eigenvalue weighted by Crippen LogP contribution is 2.07. The van der Waals surface area contributed by atoms with Gasteiger partial charge >= 0.3 is 0 Å². The first kappa shape index (κ1) is 9.77. The fourth-order valence-electron chi connectivity index (χ4n) is 1.63. The lowest BCUT2D eigenvalue weighted by atomic mass is 10.1. The Balaban J connectivity index is 1.80. The number of hydrogen-bond donors (Lipinski definition) is 2. The van der Waals surface area contributed by atoms with E-state index in [1.807, 2.05) is 6.07 Å². The molecule has 2 rings (SSSR count). The van der Waals surface area contributed by atoms with Crippen LogP contribution in [0.4, 0.5) is 5.95 Å². The Bertz CT molecular complexity index is 406. The zero-order valence-corrected chi connectivity index (χ0v) is 8.61. The molecule has 15 heavy (non-hydrogen) atoms. The van der Waals surface area contributed by atoms with Crippen molar-refractivity contribution in [2.75, 3.05) is 5.73 Å². The number of nitrogens with one attached hydrogen (secondary N) is 1. The Labute approximate surface area is 89.4 Å². The van der Waals surface area contributed by atoms with Crippen LogP contribution in [0.3, 0.4) is 0 Å². The molecule has 0 aliphatic carbocycles. The third-order valence-corrected chi connectivity index (χ3v) is 2.40. The summed E-state index contributed by atoms with van der Waals surface area (Å²) in [6.07, 6.45) is 5.02. The summed E-state index contributed by atoms with van der Waals surface area (Å²) in [6.45, 7) is 0. The summed E-state index contributed by atoms with van der Waals surface area (Å²) in [6, 6.07) is 10.5. The summed E-state index contributed by atoms with van der Waals surface area (Å²) >= 11 is 0. The molecule has 0 saturated heterocycles. The number of nitrogens with zero attached hydrogens (tertiary/aromatic N) is 1. The van der Waals surface area contributed by atoms with Gasteiger partial charge in [-0.2, -0.15) is 0 Å². The van der Waals surface area contributed by atoms with Gasteiger partial charge in [0.25, 0.3) is 0 Å². The van der Waals surface area contributed by atoms with E-state index in [-0.39, 0.29) is 0 Å². The van der Waals surface area contributed by atoms with Gasteiger partial charge < -0.3 is 10.7 Å². The number of benzene rings is 1. The number of H-pyrrole nitrogens is 1. The average molecular weight is 201 g/mol. The second kappa shape index (κ2) is 4.64. The van der Waals surface area contributed by atoms with Gasteiger partial charge in [-0.05, 0) is 24.8 Å². The quantitative estimate of drug-likeness (QED) is 0.796. The second-order valence-corrected chi connectivity index (χ2v) is 3.63. The average Bonchev–Trinajstić information content (AvgIpc) is 2.66. The van der Waals surface area contributed by atoms with Crippen LogP contribution in [0.1, 0.15) is 17.7 Å². The van der Waals surface area contributed by atoms with Gasteiger partial charge in [0.1, 0.15) is 0 Å². The Kier molecular flexibility index (Phi) is 3.02. The Morgan fingerprint density at radius 3 is 2.60 bits per heavy atom. The molecule has 0 unspecified atom stereocenters. The maximum atomic E-state index is 5.49. The lowest BCUT2D eigenvalue weighted by Gasteiger charge is -1.99. The third-order valence-electron chi connectivity index (χ3n) is 2.40. The van der Waals surface area contributed by atoms with Crippen LogP contribution in [0, 0.1) is 0 Å². The lowest BCUT2D eigenvalue weighted by Crippen LogP contribution is -1.91. The Hall–Kier alpha value is -1.77. The van der Waals surface area contributed by atoms with Crippen LogP contribution in [0.5, 0.6) is 0 Å². The zero-order chi connectivity index (χ0) is 10.5. The van der Waals surface area contributed by atoms with E-state index < -0.39 is 0 Å². The smallest absolute Gasteiger partial charge is 0.197 e. The van der Waals surface area contributed by atoms with Gasteiger partial charge in [0.05, 0.1) is 6.20 Å². The predicted molar refractivity (Wildman–Crippen MR) is 61.5 cm³/mol. The summed E-state index contributed by atoms with van der Waals surface area (Å²) in [4.78, 5) is 6.99. The Morgan fingerprint density at radius 2 is 1.93 bits per heavy atom. The molecule has 3 N–H and O–H groups in total. The number of aryl methyl sites for hydroxylation is 2. The van der Waals surface area contributed by atoms with Crippen LogP contribution in [0.15, 0.2) is 36.5 Å². The van der Waals surface area contributed by atoms with Crippen molar-refractivity contribution < 1.29 is 0 Å². The number of aromatic nitrogens is 2. The molecular weight excluding hydrogens is 186 g/mol. The van der Waals surface area contributed by atoms with Gasteiger partial charge in [-0.25, -0.2) is 4.98 Å². The fraction of sp³-hybridized carbons (Fsp3) is 0.250. The molecule has 1 aromatic heterocycles. The molecule has 3 nitrogen and oxygen atoms in total. The molecule has 0 spiro atoms. The number of nitrogen functional groups attached to an aromatic ring is 1. The molecule has 2 aromatic rings. The van der Waals surface area contributed by atoms with Crippen molar-refractivity contribution >= 4 is 5.95 Å². The molecule has 1 heterocycles. The first-order chi connectivity index (χ1) is 7.34. The number of rotatable bonds is 4. The summed E-state index contributed by atoms with van der Waals surface area (Å²) < 4.78 is 0. The van der Waals surface area contributed by atoms with E-state index in [2.05, 4.69) is 34.2 Å². The minimum absolute atomic E-state index is 0.504. The SMILES string of the molecule is Nc1ncc(CCCc2ccccc2)[nH]1. The molecule has 78 valence electrons. The van der Waals surface area contributed by atoms with Crippen molar-refractivity contribution in [3.8, 4) is 0 Å². The van der Waals surface area contributed by atoms with Crippen LogP contribution >= 0.6 is 0 Å². The first-order valence-electron chi connectivity index (χ1n) is 5.18. The van der Waals surface area contributed by atoms with Crippen molar-refractivity contribution in [1.29, 1.82) is 0 Å². The number of aromatic amines is 1. The minimum atomic E-state index is 0.504. The molecule has 0 bridgehead atoms. The summed E-state index contributed by atoms with van der Waals surface area (Å²) in [5.41, 5.74) is 7.99. The molecule has 0 radical (unpaired) electrons. The normalized spacial score (nSPS) is 10.4. The molecule has 0 fully saturated rings. The maximum absolute atomic E-state index is 5.49. The van der Waals surface area contributed by atoms with E-state index in [0.717, 1.165) is 25.0 Å². The van der Waals surface area contributed by atoms with E-state index in [1.165, 1.54) is 5.56 Å². The summed E-state index contributed by atoms with van der Waals surface area (Å²) in [7, 11) is 0. The van der Waals surface area contributed by atoms with E-state index in [1.54, 1.807) is 6.20 Å². The van der Waals surface area contributed by atoms with E-state index in [4.69, 9.17) is 5.73 Å². The first-order valence-corrected chi connectivity index (χ1v) is 5.18. The van der Waals surface area contributed by atoms with Crippen LogP contribution in [0.25, 0.3) is 0 Å². The molecular formula is C12H15N3. The van der Waals surface area contributed by atoms with E-state index in [0.29, 0.717) is 5.95 Å². The van der Waals surface area contributed by atoms with Crippen LogP contribution in [0.2, 0.25) is 0 Å². The predicted octanol–water partition coefficient (Wildman–Crippen LogP) is 2.17. The summed E-state index contributed by atoms with van der Waals surface area (Å²) in [5, 5.41) is 0. The van der Waals surface area contributed by atoms with Crippen molar-refractivity contribution in [1.82, 2.24) is 9.97 Å². The molecule has 0 amide bonds. The highest BCUT2D eigenvalue weighted by molar-refractivity contribution is 5.19. The van der Waals surface area contributed by atoms with Gasteiger partial charge in [0.15, 0.2) is 5.95 Å². The van der Waals surface area contributed by atoms with Gasteiger partial charge in [0.2, 0.25) is 0 Å². The minimum Gasteiger partial charge on any atom is -0.369 e. The largest absolute Gasteiger partial charge is 0.369 e. The van der Waals surface area contributed by atoms with Gasteiger partial charge in [-0.3, -0.25) is 0 Å². The molecule has 0 atom stereocenters. The summed E-state index contributed by atoms with van der Waals surface area (Å²) in [5.74, 6) is 0.504. The van der Waals surface area contributed by atoms with Crippen molar-refractivity contribution in [3.05, 3.63) is 47.8 Å². The van der Waals surface area contributed by atoms with Crippen molar-refractivity contribution in [2.24, 2.45) is 0 Å². The zero-order valence-electron chi connectivity index (χ0n) is 8.61. The van der Waals surface area contributed by atoms with E-state index >= 15 is 0 Å². The third kappa shape index (κ3) is 2.84. The standard InChI is InChI=1S/C12H15N3/c13-12-14-9-11(15-12)8-4-7-10-5-2-1-3-6-10/h1-3,5-6,9H,4,7-8H2,(H3,13,14,15). The van der Waals surface area contributed by atoms with Gasteiger partial charge in [0, 0.05) is 5.69 Å². The maximum Gasteiger partial charge on any atom is 0.197 e. The van der Waals surface area contributed by atoms with Gasteiger partial charge in [-0.1, -0.05) is 30.3 Å². The molecule has 0 aliphatic heterocycles. The number of anilines is 1. The van der Waals surface area contributed by atoms with Crippen LogP contribution < -0.4 is 5.73 Å². The molecule has 1 aromatic carbocycles. The van der Waals surface area contributed by atoms with E-state index in [9.17, 15) is 0 Å². The lowest BCUT2D eigenvalue weighted by molar-refractivity contribution is 0.804. The Morgan fingerprint density at radius 1 is 1.13 bits per heavy atom. The molecule has 0 aliphatic rings. The number of hydrogen-bond acceptors (Lipinski definition) is 2. The number of nitrogens with two attached hydrogens (primary N) is 1. The topological polar surface area (TPSA) is 54.7 Å². The van der Waals surface area contributed by atoms with Crippen molar-refractivity contribution in [2.45, 2.75) is 19.3 Å². The van der Waals surface area contributed by atoms with Gasteiger partial charge in [-0.15, -0.1) is 0 Å². The number of imidazole rings is 1. The second-order valence-electron chi connectivity index (χ2n) is 3.63. The van der Waals surface area contributed by atoms with Crippen LogP contribution in [-0.2, 0) is 12.8 Å². The fourth-order valence-corrected chi connectivity index (χ4v) is 1.63.